The molecule has 8 heteroatoms. The molecule has 0 rings (SSSR count). The van der Waals surface area contributed by atoms with E-state index in [9.17, 15) is 14.4 Å². The Kier molecular flexibility index (Phi) is 12.8. The molecule has 0 aliphatic rings. The molecular formula is C23H45N3O5. The van der Waals surface area contributed by atoms with E-state index in [0.29, 0.717) is 0 Å². The zero-order valence-corrected chi connectivity index (χ0v) is 21.4. The molecule has 182 valence electrons. The minimum absolute atomic E-state index is 0.122. The molecule has 0 saturated carbocycles. The summed E-state index contributed by atoms with van der Waals surface area (Å²) in [5, 5.41) is 2.90. The molecule has 0 saturated heterocycles. The molecule has 0 radical (unpaired) electrons. The standard InChI is InChI=1S/C23H45N3O5/c1-12-16(7)20(17(8)30-11)25(9)22(28)18(14(3)4)24-21(27)19(15(5)6)26(10)23(29)31-13-2/h14-20H,12-13H2,1-11H3,(H,24,27)/t16-,17+,18-,19-,20-/m0/s1. The van der Waals surface area contributed by atoms with Crippen LogP contribution in [0.1, 0.15) is 61.8 Å². The number of amides is 3. The van der Waals surface area contributed by atoms with Gasteiger partial charge in [-0.3, -0.25) is 14.5 Å². The molecule has 0 spiro atoms. The molecule has 0 unspecified atom stereocenters. The number of nitrogens with one attached hydrogen (secondary N) is 1. The van der Waals surface area contributed by atoms with Gasteiger partial charge in [0.2, 0.25) is 11.8 Å². The van der Waals surface area contributed by atoms with Crippen LogP contribution >= 0.6 is 0 Å². The van der Waals surface area contributed by atoms with Crippen molar-refractivity contribution < 1.29 is 23.9 Å². The van der Waals surface area contributed by atoms with Gasteiger partial charge in [0, 0.05) is 21.2 Å². The zero-order chi connectivity index (χ0) is 24.5. The number of carbonyl (C=O) groups excluding carboxylic acids is 3. The third-order valence-electron chi connectivity index (χ3n) is 5.98. The molecule has 0 fully saturated rings. The quantitative estimate of drug-likeness (QED) is 0.501. The summed E-state index contributed by atoms with van der Waals surface area (Å²) in [7, 11) is 4.94. The van der Waals surface area contributed by atoms with Crippen molar-refractivity contribution >= 4 is 17.9 Å². The van der Waals surface area contributed by atoms with E-state index in [1.165, 1.54) is 4.90 Å². The van der Waals surface area contributed by atoms with Crippen molar-refractivity contribution in [3.63, 3.8) is 0 Å². The van der Waals surface area contributed by atoms with Gasteiger partial charge in [-0.1, -0.05) is 48.0 Å². The fraction of sp³-hybridized carbons (Fsp3) is 0.870. The largest absolute Gasteiger partial charge is 0.450 e. The average molecular weight is 444 g/mol. The lowest BCUT2D eigenvalue weighted by Crippen LogP contribution is -2.59. The molecule has 0 aliphatic carbocycles. The summed E-state index contributed by atoms with van der Waals surface area (Å²) >= 11 is 0. The lowest BCUT2D eigenvalue weighted by Gasteiger charge is -2.39. The van der Waals surface area contributed by atoms with Gasteiger partial charge in [0.1, 0.15) is 12.1 Å². The van der Waals surface area contributed by atoms with Crippen LogP contribution in [0.15, 0.2) is 0 Å². The van der Waals surface area contributed by atoms with Crippen LogP contribution in [-0.4, -0.2) is 79.7 Å². The first-order chi connectivity index (χ1) is 14.3. The van der Waals surface area contributed by atoms with Crippen LogP contribution in [-0.2, 0) is 19.1 Å². The number of rotatable bonds is 12. The molecule has 1 N–H and O–H groups in total. The van der Waals surface area contributed by atoms with Crippen molar-refractivity contribution in [3.8, 4) is 0 Å². The summed E-state index contributed by atoms with van der Waals surface area (Å²) in [4.78, 5) is 41.8. The minimum Gasteiger partial charge on any atom is -0.450 e. The number of hydrogen-bond donors (Lipinski definition) is 1. The van der Waals surface area contributed by atoms with Gasteiger partial charge in [-0.25, -0.2) is 4.79 Å². The first-order valence-corrected chi connectivity index (χ1v) is 11.3. The topological polar surface area (TPSA) is 88.2 Å². The molecule has 0 aromatic rings. The molecule has 0 bridgehead atoms. The third-order valence-corrected chi connectivity index (χ3v) is 5.98. The Morgan fingerprint density at radius 1 is 0.903 bits per heavy atom. The van der Waals surface area contributed by atoms with Crippen molar-refractivity contribution in [1.29, 1.82) is 0 Å². The van der Waals surface area contributed by atoms with Gasteiger partial charge in [0.25, 0.3) is 0 Å². The highest BCUT2D eigenvalue weighted by molar-refractivity contribution is 5.91. The minimum atomic E-state index is -0.748. The fourth-order valence-electron chi connectivity index (χ4n) is 3.92. The van der Waals surface area contributed by atoms with E-state index >= 15 is 0 Å². The van der Waals surface area contributed by atoms with E-state index in [-0.39, 0.29) is 48.3 Å². The first-order valence-electron chi connectivity index (χ1n) is 11.3. The summed E-state index contributed by atoms with van der Waals surface area (Å²) in [5.74, 6) is -0.595. The number of nitrogens with zero attached hydrogens (tertiary/aromatic N) is 2. The number of likely N-dealkylation sites (N-methyl/N-ethyl adjacent to an activating group) is 2. The van der Waals surface area contributed by atoms with Gasteiger partial charge >= 0.3 is 6.09 Å². The molecule has 0 aromatic heterocycles. The lowest BCUT2D eigenvalue weighted by molar-refractivity contribution is -0.143. The Morgan fingerprint density at radius 3 is 1.84 bits per heavy atom. The Hall–Kier alpha value is -1.83. The van der Waals surface area contributed by atoms with E-state index in [1.54, 1.807) is 33.0 Å². The van der Waals surface area contributed by atoms with Gasteiger partial charge in [-0.2, -0.15) is 0 Å². The number of carbonyl (C=O) groups is 3. The number of ether oxygens (including phenoxy) is 2. The second kappa shape index (κ2) is 13.6. The molecule has 0 aromatic carbocycles. The predicted molar refractivity (Wildman–Crippen MR) is 123 cm³/mol. The summed E-state index contributed by atoms with van der Waals surface area (Å²) in [6, 6.07) is -1.59. The molecule has 31 heavy (non-hydrogen) atoms. The zero-order valence-electron chi connectivity index (χ0n) is 21.4. The Bertz CT molecular complexity index is 572. The number of methoxy groups -OCH3 is 1. The maximum Gasteiger partial charge on any atom is 0.410 e. The molecule has 5 atom stereocenters. The SMILES string of the molecule is CCOC(=O)N(C)[C@H](C(=O)N[C@H](C(=O)N(C)[C@@H]([C@@H](C)CC)[C@@H](C)OC)C(C)C)C(C)C. The van der Waals surface area contributed by atoms with Crippen LogP contribution < -0.4 is 5.32 Å². The Labute approximate surface area is 189 Å². The second-order valence-electron chi connectivity index (χ2n) is 9.00. The van der Waals surface area contributed by atoms with Crippen molar-refractivity contribution in [1.82, 2.24) is 15.1 Å². The van der Waals surface area contributed by atoms with Crippen LogP contribution in [0, 0.1) is 17.8 Å². The average Bonchev–Trinajstić information content (AvgIpc) is 2.70. The van der Waals surface area contributed by atoms with Crippen molar-refractivity contribution in [2.24, 2.45) is 17.8 Å². The van der Waals surface area contributed by atoms with Crippen molar-refractivity contribution in [3.05, 3.63) is 0 Å². The van der Waals surface area contributed by atoms with Gasteiger partial charge in [0.05, 0.1) is 18.8 Å². The summed E-state index contributed by atoms with van der Waals surface area (Å²) in [5.41, 5.74) is 0. The summed E-state index contributed by atoms with van der Waals surface area (Å²) in [6.45, 7) is 15.6. The molecule has 8 nitrogen and oxygen atoms in total. The lowest BCUT2D eigenvalue weighted by atomic mass is 9.92. The smallest absolute Gasteiger partial charge is 0.410 e. The van der Waals surface area contributed by atoms with Crippen LogP contribution in [0.3, 0.4) is 0 Å². The fourth-order valence-corrected chi connectivity index (χ4v) is 3.92. The predicted octanol–water partition coefficient (Wildman–Crippen LogP) is 3.15. The van der Waals surface area contributed by atoms with Gasteiger partial charge in [-0.05, 0) is 31.6 Å². The van der Waals surface area contributed by atoms with E-state index in [1.807, 2.05) is 34.6 Å². The van der Waals surface area contributed by atoms with E-state index < -0.39 is 18.2 Å². The first kappa shape index (κ1) is 29.2. The molecular weight excluding hydrogens is 398 g/mol. The van der Waals surface area contributed by atoms with E-state index in [0.717, 1.165) is 6.42 Å². The van der Waals surface area contributed by atoms with Crippen LogP contribution in [0.5, 0.6) is 0 Å². The highest BCUT2D eigenvalue weighted by Crippen LogP contribution is 2.21. The summed E-state index contributed by atoms with van der Waals surface area (Å²) < 4.78 is 10.6. The van der Waals surface area contributed by atoms with Crippen molar-refractivity contribution in [2.75, 3.05) is 27.8 Å². The monoisotopic (exact) mass is 443 g/mol. The molecule has 0 heterocycles. The number of hydrogen-bond acceptors (Lipinski definition) is 5. The van der Waals surface area contributed by atoms with Crippen LogP contribution in [0.25, 0.3) is 0 Å². The molecule has 0 aliphatic heterocycles. The van der Waals surface area contributed by atoms with Crippen LogP contribution in [0.2, 0.25) is 0 Å². The van der Waals surface area contributed by atoms with Gasteiger partial charge in [0.15, 0.2) is 0 Å². The molecule has 3 amide bonds. The van der Waals surface area contributed by atoms with Crippen molar-refractivity contribution in [2.45, 2.75) is 86.0 Å². The van der Waals surface area contributed by atoms with E-state index in [4.69, 9.17) is 9.47 Å². The maximum atomic E-state index is 13.5. The second-order valence-corrected chi connectivity index (χ2v) is 9.00. The normalized spacial score (nSPS) is 16.3. The third kappa shape index (κ3) is 7.98. The Morgan fingerprint density at radius 2 is 1.45 bits per heavy atom. The Balaban J connectivity index is 5.74. The highest BCUT2D eigenvalue weighted by Gasteiger charge is 2.38. The summed E-state index contributed by atoms with van der Waals surface area (Å²) in [6.07, 6.45) is 0.187. The van der Waals surface area contributed by atoms with Gasteiger partial charge in [-0.15, -0.1) is 0 Å². The maximum absolute atomic E-state index is 13.5. The van der Waals surface area contributed by atoms with Gasteiger partial charge < -0.3 is 19.7 Å². The van der Waals surface area contributed by atoms with E-state index in [2.05, 4.69) is 19.2 Å². The van der Waals surface area contributed by atoms with Crippen LogP contribution in [0.4, 0.5) is 4.79 Å². The highest BCUT2D eigenvalue weighted by atomic mass is 16.6.